The lowest BCUT2D eigenvalue weighted by Gasteiger charge is -2.32. The highest BCUT2D eigenvalue weighted by Crippen LogP contribution is 2.41. The Balaban J connectivity index is 1.78. The number of hydrogen-bond acceptors (Lipinski definition) is 3. The quantitative estimate of drug-likeness (QED) is 0.926. The van der Waals surface area contributed by atoms with Crippen molar-refractivity contribution >= 4 is 0 Å². The van der Waals surface area contributed by atoms with Crippen LogP contribution >= 0.6 is 0 Å². The molecule has 3 rings (SSSR count). The maximum absolute atomic E-state index is 10.6. The minimum Gasteiger partial charge on any atom is -0.388 e. The van der Waals surface area contributed by atoms with Crippen LogP contribution in [0.2, 0.25) is 0 Å². The van der Waals surface area contributed by atoms with Crippen molar-refractivity contribution in [2.24, 2.45) is 0 Å². The monoisotopic (exact) mass is 268 g/mol. The lowest BCUT2D eigenvalue weighted by molar-refractivity contribution is 0.152. The zero-order chi connectivity index (χ0) is 14.1. The molecule has 2 aromatic rings. The summed E-state index contributed by atoms with van der Waals surface area (Å²) in [6.45, 7) is 3.97. The second-order valence-electron chi connectivity index (χ2n) is 5.59. The van der Waals surface area contributed by atoms with Crippen LogP contribution in [0.5, 0.6) is 0 Å². The molecular formula is C17H20N2O. The molecule has 0 radical (unpaired) electrons. The van der Waals surface area contributed by atoms with Crippen molar-refractivity contribution in [3.63, 3.8) is 0 Å². The first-order valence-corrected chi connectivity index (χ1v) is 7.28. The number of hydrogen-bond donors (Lipinski definition) is 1. The normalized spacial score (nSPS) is 18.2. The molecule has 0 aliphatic heterocycles. The Morgan fingerprint density at radius 2 is 2.10 bits per heavy atom. The topological polar surface area (TPSA) is 46.0 Å². The van der Waals surface area contributed by atoms with Gasteiger partial charge in [-0.25, -0.2) is 0 Å². The molecule has 1 aliphatic carbocycles. The van der Waals surface area contributed by atoms with Gasteiger partial charge in [-0.2, -0.15) is 10.2 Å². The third kappa shape index (κ3) is 2.34. The highest BCUT2D eigenvalue weighted by molar-refractivity contribution is 5.40. The molecule has 0 saturated carbocycles. The van der Waals surface area contributed by atoms with Crippen LogP contribution in [0.25, 0.3) is 0 Å². The third-order valence-corrected chi connectivity index (χ3v) is 4.19. The Bertz CT molecular complexity index is 624. The number of benzene rings is 1. The van der Waals surface area contributed by atoms with E-state index in [9.17, 15) is 5.11 Å². The molecule has 104 valence electrons. The molecule has 1 aliphatic rings. The molecule has 0 saturated heterocycles. The summed E-state index contributed by atoms with van der Waals surface area (Å²) in [7, 11) is 0. The third-order valence-electron chi connectivity index (χ3n) is 4.19. The predicted molar refractivity (Wildman–Crippen MR) is 78.6 cm³/mol. The number of nitrogens with zero attached hydrogens (tertiary/aromatic N) is 2. The maximum atomic E-state index is 10.6. The smallest absolute Gasteiger partial charge is 0.0815 e. The van der Waals surface area contributed by atoms with Crippen LogP contribution in [0, 0.1) is 6.92 Å². The summed E-state index contributed by atoms with van der Waals surface area (Å²) in [4.78, 5) is 0. The van der Waals surface area contributed by atoms with E-state index in [0.29, 0.717) is 5.92 Å². The van der Waals surface area contributed by atoms with E-state index in [2.05, 4.69) is 34.5 Å². The summed E-state index contributed by atoms with van der Waals surface area (Å²) < 4.78 is 0. The molecule has 0 fully saturated rings. The zero-order valence-corrected chi connectivity index (χ0v) is 12.0. The van der Waals surface area contributed by atoms with Gasteiger partial charge in [0.05, 0.1) is 17.5 Å². The molecule has 1 heterocycles. The molecule has 2 unspecified atom stereocenters. The van der Waals surface area contributed by atoms with Gasteiger partial charge in [0.1, 0.15) is 0 Å². The van der Waals surface area contributed by atoms with Crippen LogP contribution in [-0.4, -0.2) is 15.3 Å². The number of aromatic nitrogens is 2. The Hall–Kier alpha value is -1.74. The number of aliphatic hydroxyl groups excluding tert-OH is 1. The minimum absolute atomic E-state index is 0.447. The van der Waals surface area contributed by atoms with Gasteiger partial charge >= 0.3 is 0 Å². The van der Waals surface area contributed by atoms with E-state index < -0.39 is 6.10 Å². The van der Waals surface area contributed by atoms with Crippen LogP contribution in [0.15, 0.2) is 30.3 Å². The van der Waals surface area contributed by atoms with E-state index in [4.69, 9.17) is 0 Å². The van der Waals surface area contributed by atoms with Crippen molar-refractivity contribution in [1.82, 2.24) is 10.2 Å². The van der Waals surface area contributed by atoms with Crippen LogP contribution in [0.4, 0.5) is 0 Å². The second-order valence-corrected chi connectivity index (χ2v) is 5.59. The molecule has 0 bridgehead atoms. The van der Waals surface area contributed by atoms with Crippen molar-refractivity contribution in [1.29, 1.82) is 0 Å². The fourth-order valence-electron chi connectivity index (χ4n) is 3.07. The minimum atomic E-state index is -0.447. The largest absolute Gasteiger partial charge is 0.388 e. The first kappa shape index (κ1) is 13.3. The lowest BCUT2D eigenvalue weighted by Crippen LogP contribution is -2.20. The number of rotatable bonds is 4. The van der Waals surface area contributed by atoms with E-state index in [-0.39, 0.29) is 0 Å². The van der Waals surface area contributed by atoms with Gasteiger partial charge in [-0.05, 0) is 49.3 Å². The van der Waals surface area contributed by atoms with E-state index in [0.717, 1.165) is 36.2 Å². The number of aryl methyl sites for hydroxylation is 2. The molecule has 1 aromatic heterocycles. The zero-order valence-electron chi connectivity index (χ0n) is 12.0. The standard InChI is InChI=1S/C17H20N2O/c1-3-16-15(8-11(2)18-19-16)17(20)10-13-9-12-6-4-5-7-14(12)13/h4-8,13,17,20H,3,9-10H2,1-2H3. The SMILES string of the molecule is CCc1nnc(C)cc1C(O)CC1Cc2ccccc21. The molecule has 20 heavy (non-hydrogen) atoms. The van der Waals surface area contributed by atoms with Crippen molar-refractivity contribution in [2.45, 2.75) is 45.1 Å². The molecule has 3 heteroatoms. The van der Waals surface area contributed by atoms with E-state index >= 15 is 0 Å². The van der Waals surface area contributed by atoms with Gasteiger partial charge in [0.25, 0.3) is 0 Å². The summed E-state index contributed by atoms with van der Waals surface area (Å²) in [6.07, 6.45) is 2.21. The van der Waals surface area contributed by atoms with Crippen LogP contribution in [0.1, 0.15) is 53.4 Å². The molecule has 3 nitrogen and oxygen atoms in total. The Kier molecular flexibility index (Phi) is 3.53. The van der Waals surface area contributed by atoms with E-state index in [1.165, 1.54) is 11.1 Å². The van der Waals surface area contributed by atoms with Gasteiger partial charge in [-0.1, -0.05) is 31.2 Å². The van der Waals surface area contributed by atoms with Crippen molar-refractivity contribution in [3.8, 4) is 0 Å². The lowest BCUT2D eigenvalue weighted by atomic mass is 9.74. The maximum Gasteiger partial charge on any atom is 0.0815 e. The average molecular weight is 268 g/mol. The fourth-order valence-corrected chi connectivity index (χ4v) is 3.07. The Labute approximate surface area is 119 Å². The average Bonchev–Trinajstić information content (AvgIpc) is 2.44. The molecule has 2 atom stereocenters. The summed E-state index contributed by atoms with van der Waals surface area (Å²) >= 11 is 0. The van der Waals surface area contributed by atoms with Gasteiger partial charge in [0.15, 0.2) is 0 Å². The summed E-state index contributed by atoms with van der Waals surface area (Å²) in [5.41, 5.74) is 5.54. The summed E-state index contributed by atoms with van der Waals surface area (Å²) in [5, 5.41) is 18.8. The van der Waals surface area contributed by atoms with Crippen molar-refractivity contribution in [2.75, 3.05) is 0 Å². The first-order chi connectivity index (χ1) is 9.69. The van der Waals surface area contributed by atoms with E-state index in [1.807, 2.05) is 19.9 Å². The summed E-state index contributed by atoms with van der Waals surface area (Å²) in [6, 6.07) is 10.5. The van der Waals surface area contributed by atoms with Crippen LogP contribution in [0.3, 0.4) is 0 Å². The highest BCUT2D eigenvalue weighted by Gasteiger charge is 2.28. The first-order valence-electron chi connectivity index (χ1n) is 7.28. The molecule has 1 N–H and O–H groups in total. The van der Waals surface area contributed by atoms with E-state index in [1.54, 1.807) is 0 Å². The highest BCUT2D eigenvalue weighted by atomic mass is 16.3. The fraction of sp³-hybridized carbons (Fsp3) is 0.412. The van der Waals surface area contributed by atoms with Crippen LogP contribution < -0.4 is 0 Å². The Morgan fingerprint density at radius 1 is 1.30 bits per heavy atom. The van der Waals surface area contributed by atoms with Gasteiger partial charge in [0.2, 0.25) is 0 Å². The molecular weight excluding hydrogens is 248 g/mol. The van der Waals surface area contributed by atoms with Gasteiger partial charge in [-0.15, -0.1) is 0 Å². The Morgan fingerprint density at radius 3 is 2.85 bits per heavy atom. The molecule has 1 aromatic carbocycles. The summed E-state index contributed by atoms with van der Waals surface area (Å²) in [5.74, 6) is 0.472. The predicted octanol–water partition coefficient (Wildman–Crippen LogP) is 3.11. The van der Waals surface area contributed by atoms with Gasteiger partial charge < -0.3 is 5.11 Å². The molecule has 0 spiro atoms. The van der Waals surface area contributed by atoms with Gasteiger partial charge in [0, 0.05) is 5.56 Å². The van der Waals surface area contributed by atoms with Crippen molar-refractivity contribution < 1.29 is 5.11 Å². The second kappa shape index (κ2) is 5.33. The van der Waals surface area contributed by atoms with Gasteiger partial charge in [-0.3, -0.25) is 0 Å². The number of fused-ring (bicyclic) bond motifs is 1. The molecule has 0 amide bonds. The van der Waals surface area contributed by atoms with Crippen LogP contribution in [-0.2, 0) is 12.8 Å². The number of aliphatic hydroxyl groups is 1. The van der Waals surface area contributed by atoms with Crippen molar-refractivity contribution in [3.05, 3.63) is 58.4 Å².